The summed E-state index contributed by atoms with van der Waals surface area (Å²) in [4.78, 5) is 8.35. The van der Waals surface area contributed by atoms with Crippen LogP contribution in [0.1, 0.15) is 0 Å². The summed E-state index contributed by atoms with van der Waals surface area (Å²) in [7, 11) is 1.64. The monoisotopic (exact) mass is 344 g/mol. The predicted octanol–water partition coefficient (Wildman–Crippen LogP) is 3.29. The van der Waals surface area contributed by atoms with Crippen LogP contribution in [0.25, 0.3) is 16.9 Å². The Hall–Kier alpha value is -2.34. The van der Waals surface area contributed by atoms with Crippen LogP contribution in [-0.2, 0) is 0 Å². The van der Waals surface area contributed by atoms with E-state index in [9.17, 15) is 0 Å². The number of nitrogen functional groups attached to an aromatic ring is 1. The SMILES string of the molecule is COc1cc(Br)cc(-n2cncc2-c2cccnc2N)c1. The van der Waals surface area contributed by atoms with Crippen LogP contribution in [0.4, 0.5) is 5.82 Å². The van der Waals surface area contributed by atoms with Crippen LogP contribution >= 0.6 is 15.9 Å². The van der Waals surface area contributed by atoms with Gasteiger partial charge in [-0.25, -0.2) is 9.97 Å². The van der Waals surface area contributed by atoms with Gasteiger partial charge in [0.25, 0.3) is 0 Å². The summed E-state index contributed by atoms with van der Waals surface area (Å²) in [6.45, 7) is 0. The number of aromatic nitrogens is 3. The lowest BCUT2D eigenvalue weighted by atomic mass is 10.2. The second-order valence-corrected chi connectivity index (χ2v) is 5.35. The van der Waals surface area contributed by atoms with Gasteiger partial charge in [0.05, 0.1) is 31.0 Å². The predicted molar refractivity (Wildman–Crippen MR) is 85.5 cm³/mol. The Morgan fingerprint density at radius 3 is 2.90 bits per heavy atom. The van der Waals surface area contributed by atoms with E-state index in [-0.39, 0.29) is 0 Å². The first-order valence-electron chi connectivity index (χ1n) is 6.27. The molecular formula is C15H13BrN4O. The standard InChI is InChI=1S/C15H13BrN4O/c1-21-12-6-10(16)5-11(7-12)20-9-18-8-14(20)13-3-2-4-19-15(13)17/h2-9H,1H3,(H2,17,19). The van der Waals surface area contributed by atoms with Crippen LogP contribution in [-0.4, -0.2) is 21.6 Å². The van der Waals surface area contributed by atoms with E-state index in [1.54, 1.807) is 25.8 Å². The third-order valence-corrected chi connectivity index (χ3v) is 3.58. The van der Waals surface area contributed by atoms with Crippen LogP contribution in [0.2, 0.25) is 0 Å². The highest BCUT2D eigenvalue weighted by molar-refractivity contribution is 9.10. The van der Waals surface area contributed by atoms with E-state index in [0.29, 0.717) is 5.82 Å². The molecule has 0 saturated heterocycles. The average molecular weight is 345 g/mol. The minimum absolute atomic E-state index is 0.473. The Kier molecular flexibility index (Phi) is 3.62. The van der Waals surface area contributed by atoms with Gasteiger partial charge in [-0.05, 0) is 24.3 Å². The number of nitrogens with two attached hydrogens (primary N) is 1. The molecule has 0 aliphatic carbocycles. The number of benzene rings is 1. The molecule has 3 aromatic rings. The van der Waals surface area contributed by atoms with Crippen molar-refractivity contribution in [2.75, 3.05) is 12.8 Å². The highest BCUT2D eigenvalue weighted by atomic mass is 79.9. The van der Waals surface area contributed by atoms with Gasteiger partial charge in [0.15, 0.2) is 0 Å². The molecule has 2 heterocycles. The topological polar surface area (TPSA) is 66.0 Å². The van der Waals surface area contributed by atoms with Gasteiger partial charge in [0, 0.05) is 22.3 Å². The average Bonchev–Trinajstić information content (AvgIpc) is 2.96. The Labute approximate surface area is 130 Å². The van der Waals surface area contributed by atoms with E-state index in [0.717, 1.165) is 27.2 Å². The summed E-state index contributed by atoms with van der Waals surface area (Å²) in [5.74, 6) is 1.24. The molecule has 6 heteroatoms. The van der Waals surface area contributed by atoms with E-state index < -0.39 is 0 Å². The molecule has 0 fully saturated rings. The first-order valence-corrected chi connectivity index (χ1v) is 7.06. The van der Waals surface area contributed by atoms with E-state index in [2.05, 4.69) is 25.9 Å². The molecule has 2 N–H and O–H groups in total. The smallest absolute Gasteiger partial charge is 0.132 e. The molecule has 0 saturated carbocycles. The maximum absolute atomic E-state index is 5.96. The number of methoxy groups -OCH3 is 1. The van der Waals surface area contributed by atoms with Gasteiger partial charge < -0.3 is 10.5 Å². The van der Waals surface area contributed by atoms with Crippen molar-refractivity contribution in [3.63, 3.8) is 0 Å². The van der Waals surface area contributed by atoms with Crippen molar-refractivity contribution in [3.8, 4) is 22.7 Å². The molecule has 106 valence electrons. The molecule has 0 aliphatic heterocycles. The number of hydrogen-bond donors (Lipinski definition) is 1. The maximum Gasteiger partial charge on any atom is 0.132 e. The molecule has 1 aromatic carbocycles. The normalized spacial score (nSPS) is 10.6. The number of ether oxygens (including phenoxy) is 1. The number of anilines is 1. The number of rotatable bonds is 3. The molecule has 0 aliphatic rings. The van der Waals surface area contributed by atoms with Gasteiger partial charge in [-0.15, -0.1) is 0 Å². The summed E-state index contributed by atoms with van der Waals surface area (Å²) in [6.07, 6.45) is 5.17. The van der Waals surface area contributed by atoms with Crippen molar-refractivity contribution in [1.29, 1.82) is 0 Å². The van der Waals surface area contributed by atoms with E-state index >= 15 is 0 Å². The minimum atomic E-state index is 0.473. The summed E-state index contributed by atoms with van der Waals surface area (Å²) in [6, 6.07) is 9.59. The molecule has 21 heavy (non-hydrogen) atoms. The molecule has 0 radical (unpaired) electrons. The van der Waals surface area contributed by atoms with Gasteiger partial charge in [0.2, 0.25) is 0 Å². The van der Waals surface area contributed by atoms with Gasteiger partial charge >= 0.3 is 0 Å². The molecule has 5 nitrogen and oxygen atoms in total. The maximum atomic E-state index is 5.96. The van der Waals surface area contributed by atoms with Crippen molar-refractivity contribution in [2.45, 2.75) is 0 Å². The van der Waals surface area contributed by atoms with Crippen molar-refractivity contribution in [2.24, 2.45) is 0 Å². The first-order chi connectivity index (χ1) is 10.2. The van der Waals surface area contributed by atoms with Crippen molar-refractivity contribution >= 4 is 21.7 Å². The minimum Gasteiger partial charge on any atom is -0.497 e. The van der Waals surface area contributed by atoms with E-state index in [1.807, 2.05) is 34.9 Å². The molecule has 2 aromatic heterocycles. The Morgan fingerprint density at radius 1 is 1.29 bits per heavy atom. The summed E-state index contributed by atoms with van der Waals surface area (Å²) >= 11 is 3.48. The largest absolute Gasteiger partial charge is 0.497 e. The number of halogens is 1. The number of hydrogen-bond acceptors (Lipinski definition) is 4. The van der Waals surface area contributed by atoms with Gasteiger partial charge in [0.1, 0.15) is 11.6 Å². The highest BCUT2D eigenvalue weighted by Crippen LogP contribution is 2.29. The lowest BCUT2D eigenvalue weighted by Crippen LogP contribution is -1.99. The quantitative estimate of drug-likeness (QED) is 0.791. The van der Waals surface area contributed by atoms with Crippen LogP contribution in [0.3, 0.4) is 0 Å². The molecule has 0 atom stereocenters. The fraction of sp³-hybridized carbons (Fsp3) is 0.0667. The summed E-state index contributed by atoms with van der Waals surface area (Å²) < 4.78 is 8.17. The second-order valence-electron chi connectivity index (χ2n) is 4.43. The number of imidazole rings is 1. The highest BCUT2D eigenvalue weighted by Gasteiger charge is 2.11. The Morgan fingerprint density at radius 2 is 2.14 bits per heavy atom. The fourth-order valence-electron chi connectivity index (χ4n) is 2.14. The number of nitrogens with zero attached hydrogens (tertiary/aromatic N) is 3. The molecule has 3 rings (SSSR count). The van der Waals surface area contributed by atoms with Crippen LogP contribution in [0.5, 0.6) is 5.75 Å². The second kappa shape index (κ2) is 5.57. The summed E-state index contributed by atoms with van der Waals surface area (Å²) in [5, 5.41) is 0. The lowest BCUT2D eigenvalue weighted by Gasteiger charge is -2.11. The van der Waals surface area contributed by atoms with Crippen molar-refractivity contribution < 1.29 is 4.74 Å². The van der Waals surface area contributed by atoms with Crippen LogP contribution in [0, 0.1) is 0 Å². The molecule has 0 unspecified atom stereocenters. The number of pyridine rings is 1. The zero-order valence-electron chi connectivity index (χ0n) is 11.3. The Balaban J connectivity index is 2.16. The Bertz CT molecular complexity index is 785. The third-order valence-electron chi connectivity index (χ3n) is 3.12. The van der Waals surface area contributed by atoms with Crippen LogP contribution in [0.15, 0.2) is 53.5 Å². The lowest BCUT2D eigenvalue weighted by molar-refractivity contribution is 0.414. The van der Waals surface area contributed by atoms with Crippen LogP contribution < -0.4 is 10.5 Å². The zero-order valence-corrected chi connectivity index (χ0v) is 12.9. The zero-order chi connectivity index (χ0) is 14.8. The molecule has 0 bridgehead atoms. The van der Waals surface area contributed by atoms with E-state index in [4.69, 9.17) is 10.5 Å². The van der Waals surface area contributed by atoms with Crippen molar-refractivity contribution in [1.82, 2.24) is 14.5 Å². The molecular weight excluding hydrogens is 332 g/mol. The summed E-state index contributed by atoms with van der Waals surface area (Å²) in [5.41, 5.74) is 8.60. The van der Waals surface area contributed by atoms with Gasteiger partial charge in [-0.1, -0.05) is 15.9 Å². The molecule has 0 spiro atoms. The molecule has 0 amide bonds. The van der Waals surface area contributed by atoms with Gasteiger partial charge in [-0.3, -0.25) is 4.57 Å². The third kappa shape index (κ3) is 2.62. The first kappa shape index (κ1) is 13.6. The van der Waals surface area contributed by atoms with E-state index in [1.165, 1.54) is 0 Å². The fourth-order valence-corrected chi connectivity index (χ4v) is 2.60. The van der Waals surface area contributed by atoms with Crippen molar-refractivity contribution in [3.05, 3.63) is 53.5 Å². The van der Waals surface area contributed by atoms with Gasteiger partial charge in [-0.2, -0.15) is 0 Å².